The third-order valence-corrected chi connectivity index (χ3v) is 3.73. The molecule has 2 heterocycles. The highest BCUT2D eigenvalue weighted by Gasteiger charge is 2.06. The summed E-state index contributed by atoms with van der Waals surface area (Å²) in [7, 11) is 0. The molecule has 0 aliphatic heterocycles. The number of aliphatic hydroxyl groups is 1. The van der Waals surface area contributed by atoms with Crippen LogP contribution in [0.5, 0.6) is 0 Å². The number of nitrogens with zero attached hydrogens (tertiary/aromatic N) is 3. The molecule has 6 heteroatoms. The third-order valence-electron chi connectivity index (χ3n) is 2.03. The lowest BCUT2D eigenvalue weighted by molar-refractivity contribution is 0.169. The fraction of sp³-hybridized carbons (Fsp3) is 0.300. The Bertz CT molecular complexity index is 430. The Morgan fingerprint density at radius 1 is 1.44 bits per heavy atom. The zero-order chi connectivity index (χ0) is 11.4. The standard InChI is InChI=1S/C10H11N3OS2/c1-2-9(14)8-4-3-7(5-11-8)15-10-12-6-13-16-10/h3-6,9,14H,2H2,1H3/t9-/m1/s1. The highest BCUT2D eigenvalue weighted by Crippen LogP contribution is 2.28. The van der Waals surface area contributed by atoms with E-state index in [1.165, 1.54) is 29.6 Å². The van der Waals surface area contributed by atoms with Crippen LogP contribution in [0.1, 0.15) is 25.1 Å². The summed E-state index contributed by atoms with van der Waals surface area (Å²) >= 11 is 2.88. The van der Waals surface area contributed by atoms with E-state index in [2.05, 4.69) is 14.3 Å². The van der Waals surface area contributed by atoms with Gasteiger partial charge in [-0.2, -0.15) is 4.37 Å². The number of hydrogen-bond donors (Lipinski definition) is 1. The molecule has 2 aromatic rings. The van der Waals surface area contributed by atoms with Gasteiger partial charge in [-0.25, -0.2) is 4.98 Å². The van der Waals surface area contributed by atoms with Crippen molar-refractivity contribution in [2.75, 3.05) is 0 Å². The summed E-state index contributed by atoms with van der Waals surface area (Å²) in [5.74, 6) is 0. The van der Waals surface area contributed by atoms with E-state index in [9.17, 15) is 5.11 Å². The molecule has 0 spiro atoms. The van der Waals surface area contributed by atoms with Gasteiger partial charge in [0.2, 0.25) is 0 Å². The molecule has 0 bridgehead atoms. The van der Waals surface area contributed by atoms with Crippen LogP contribution in [-0.4, -0.2) is 19.4 Å². The Morgan fingerprint density at radius 2 is 2.31 bits per heavy atom. The van der Waals surface area contributed by atoms with Crippen molar-refractivity contribution in [2.45, 2.75) is 28.7 Å². The lowest BCUT2D eigenvalue weighted by atomic mass is 10.2. The SMILES string of the molecule is CC[C@@H](O)c1ccc(Sc2ncns2)cn1. The number of hydrogen-bond acceptors (Lipinski definition) is 6. The maximum absolute atomic E-state index is 9.59. The summed E-state index contributed by atoms with van der Waals surface area (Å²) in [6.45, 7) is 1.93. The van der Waals surface area contributed by atoms with Crippen molar-refractivity contribution < 1.29 is 5.11 Å². The molecule has 0 aliphatic rings. The summed E-state index contributed by atoms with van der Waals surface area (Å²) < 4.78 is 4.82. The van der Waals surface area contributed by atoms with E-state index in [1.54, 1.807) is 6.20 Å². The molecule has 16 heavy (non-hydrogen) atoms. The molecule has 0 saturated heterocycles. The monoisotopic (exact) mass is 253 g/mol. The highest BCUT2D eigenvalue weighted by atomic mass is 32.2. The highest BCUT2D eigenvalue weighted by molar-refractivity contribution is 8.01. The maximum atomic E-state index is 9.59. The first kappa shape index (κ1) is 11.5. The van der Waals surface area contributed by atoms with E-state index in [4.69, 9.17) is 0 Å². The Balaban J connectivity index is 2.07. The van der Waals surface area contributed by atoms with E-state index < -0.39 is 6.10 Å². The van der Waals surface area contributed by atoms with Gasteiger partial charge >= 0.3 is 0 Å². The van der Waals surface area contributed by atoms with Gasteiger partial charge in [0.15, 0.2) is 4.34 Å². The van der Waals surface area contributed by atoms with Gasteiger partial charge in [-0.15, -0.1) is 0 Å². The molecule has 1 N–H and O–H groups in total. The van der Waals surface area contributed by atoms with Gasteiger partial charge in [-0.05, 0) is 30.1 Å². The van der Waals surface area contributed by atoms with E-state index in [-0.39, 0.29) is 0 Å². The summed E-state index contributed by atoms with van der Waals surface area (Å²) in [6.07, 6.45) is 3.49. The number of rotatable bonds is 4. The van der Waals surface area contributed by atoms with Crippen molar-refractivity contribution in [3.05, 3.63) is 30.4 Å². The van der Waals surface area contributed by atoms with Crippen molar-refractivity contribution in [1.82, 2.24) is 14.3 Å². The first-order chi connectivity index (χ1) is 7.79. The number of aromatic nitrogens is 3. The van der Waals surface area contributed by atoms with Gasteiger partial charge in [0.05, 0.1) is 11.8 Å². The van der Waals surface area contributed by atoms with Crippen molar-refractivity contribution in [3.63, 3.8) is 0 Å². The molecular weight excluding hydrogens is 242 g/mol. The lowest BCUT2D eigenvalue weighted by Gasteiger charge is -2.06. The second-order valence-electron chi connectivity index (χ2n) is 3.15. The fourth-order valence-electron chi connectivity index (χ4n) is 1.17. The molecule has 0 unspecified atom stereocenters. The van der Waals surface area contributed by atoms with E-state index in [1.807, 2.05) is 19.1 Å². The van der Waals surface area contributed by atoms with Crippen LogP contribution in [0.2, 0.25) is 0 Å². The van der Waals surface area contributed by atoms with Crippen LogP contribution in [0.25, 0.3) is 0 Å². The molecular formula is C10H11N3OS2. The van der Waals surface area contributed by atoms with Crippen molar-refractivity contribution >= 4 is 23.3 Å². The molecule has 0 radical (unpaired) electrons. The third kappa shape index (κ3) is 2.78. The van der Waals surface area contributed by atoms with Gasteiger partial charge in [0.25, 0.3) is 0 Å². The molecule has 0 aliphatic carbocycles. The lowest BCUT2D eigenvalue weighted by Crippen LogP contribution is -1.97. The molecule has 4 nitrogen and oxygen atoms in total. The molecule has 0 aromatic carbocycles. The second kappa shape index (κ2) is 5.38. The zero-order valence-electron chi connectivity index (χ0n) is 8.70. The number of aliphatic hydroxyl groups excluding tert-OH is 1. The molecule has 0 fully saturated rings. The molecule has 0 saturated carbocycles. The topological polar surface area (TPSA) is 58.9 Å². The predicted octanol–water partition coefficient (Wildman–Crippen LogP) is 2.53. The minimum atomic E-state index is -0.472. The minimum Gasteiger partial charge on any atom is -0.387 e. The Morgan fingerprint density at radius 3 is 2.88 bits per heavy atom. The van der Waals surface area contributed by atoms with Gasteiger partial charge < -0.3 is 5.11 Å². The smallest absolute Gasteiger partial charge is 0.174 e. The summed E-state index contributed by atoms with van der Waals surface area (Å²) in [5, 5.41) is 9.59. The minimum absolute atomic E-state index is 0.472. The molecule has 84 valence electrons. The van der Waals surface area contributed by atoms with Crippen LogP contribution >= 0.6 is 23.3 Å². The van der Waals surface area contributed by atoms with Gasteiger partial charge in [-0.3, -0.25) is 4.98 Å². The summed E-state index contributed by atoms with van der Waals surface area (Å²) in [5.41, 5.74) is 0.712. The van der Waals surface area contributed by atoms with Crippen LogP contribution in [0.4, 0.5) is 0 Å². The second-order valence-corrected chi connectivity index (χ2v) is 5.25. The Kier molecular flexibility index (Phi) is 3.87. The van der Waals surface area contributed by atoms with Gasteiger partial charge in [0, 0.05) is 11.1 Å². The van der Waals surface area contributed by atoms with E-state index in [0.717, 1.165) is 9.24 Å². The molecule has 1 atom stereocenters. The molecule has 0 amide bonds. The van der Waals surface area contributed by atoms with Crippen molar-refractivity contribution in [1.29, 1.82) is 0 Å². The summed E-state index contributed by atoms with van der Waals surface area (Å²) in [6, 6.07) is 3.78. The summed E-state index contributed by atoms with van der Waals surface area (Å²) in [4.78, 5) is 9.30. The average Bonchev–Trinajstić information content (AvgIpc) is 2.82. The Hall–Kier alpha value is -0.980. The van der Waals surface area contributed by atoms with E-state index in [0.29, 0.717) is 12.1 Å². The maximum Gasteiger partial charge on any atom is 0.174 e. The van der Waals surface area contributed by atoms with Crippen LogP contribution in [-0.2, 0) is 0 Å². The normalized spacial score (nSPS) is 12.6. The Labute approximate surface area is 102 Å². The van der Waals surface area contributed by atoms with Crippen molar-refractivity contribution in [3.8, 4) is 0 Å². The van der Waals surface area contributed by atoms with Crippen LogP contribution in [0.3, 0.4) is 0 Å². The number of pyridine rings is 1. The largest absolute Gasteiger partial charge is 0.387 e. The average molecular weight is 253 g/mol. The molecule has 2 rings (SSSR count). The van der Waals surface area contributed by atoms with Crippen LogP contribution in [0, 0.1) is 0 Å². The zero-order valence-corrected chi connectivity index (χ0v) is 10.3. The fourth-order valence-corrected chi connectivity index (χ4v) is 2.56. The first-order valence-corrected chi connectivity index (χ1v) is 6.47. The quantitative estimate of drug-likeness (QED) is 0.907. The van der Waals surface area contributed by atoms with Crippen molar-refractivity contribution in [2.24, 2.45) is 0 Å². The van der Waals surface area contributed by atoms with Crippen LogP contribution < -0.4 is 0 Å². The van der Waals surface area contributed by atoms with Crippen LogP contribution in [0.15, 0.2) is 33.9 Å². The van der Waals surface area contributed by atoms with Gasteiger partial charge in [-0.1, -0.05) is 18.7 Å². The van der Waals surface area contributed by atoms with Gasteiger partial charge in [0.1, 0.15) is 6.33 Å². The van der Waals surface area contributed by atoms with E-state index >= 15 is 0 Å². The first-order valence-electron chi connectivity index (χ1n) is 4.88. The predicted molar refractivity (Wildman–Crippen MR) is 63.5 cm³/mol. The molecule has 2 aromatic heterocycles.